The van der Waals surface area contributed by atoms with Gasteiger partial charge in [0.15, 0.2) is 5.13 Å². The summed E-state index contributed by atoms with van der Waals surface area (Å²) in [5.74, 6) is -0.106. The molecule has 0 radical (unpaired) electrons. The third kappa shape index (κ3) is 4.38. The summed E-state index contributed by atoms with van der Waals surface area (Å²) < 4.78 is 6.40. The van der Waals surface area contributed by atoms with Crippen LogP contribution < -0.4 is 4.90 Å². The number of morpholine rings is 1. The Bertz CT molecular complexity index is 1240. The van der Waals surface area contributed by atoms with Crippen LogP contribution >= 0.6 is 22.9 Å². The van der Waals surface area contributed by atoms with Crippen molar-refractivity contribution in [2.45, 2.75) is 0 Å². The summed E-state index contributed by atoms with van der Waals surface area (Å²) in [5, 5.41) is 1.32. The lowest BCUT2D eigenvalue weighted by molar-refractivity contribution is 0.0391. The van der Waals surface area contributed by atoms with Crippen molar-refractivity contribution in [3.63, 3.8) is 0 Å². The van der Waals surface area contributed by atoms with Gasteiger partial charge in [0, 0.05) is 49.2 Å². The van der Waals surface area contributed by atoms with Gasteiger partial charge in [-0.2, -0.15) is 0 Å². The number of hydrogen-bond acceptors (Lipinski definition) is 7. The molecule has 3 heterocycles. The zero-order valence-electron chi connectivity index (χ0n) is 16.7. The summed E-state index contributed by atoms with van der Waals surface area (Å²) in [4.78, 5) is 31.0. The van der Waals surface area contributed by atoms with Gasteiger partial charge in [0.25, 0.3) is 5.91 Å². The Morgan fingerprint density at radius 1 is 1.06 bits per heavy atom. The van der Waals surface area contributed by atoms with Gasteiger partial charge in [0.1, 0.15) is 0 Å². The zero-order chi connectivity index (χ0) is 21.2. The smallest absolute Gasteiger partial charge is 0.260 e. The van der Waals surface area contributed by atoms with E-state index in [9.17, 15) is 4.79 Å². The van der Waals surface area contributed by atoms with Crippen LogP contribution in [0.4, 0.5) is 5.13 Å². The molecule has 31 heavy (non-hydrogen) atoms. The fourth-order valence-corrected chi connectivity index (χ4v) is 4.87. The Kier molecular flexibility index (Phi) is 5.78. The highest BCUT2D eigenvalue weighted by atomic mass is 35.5. The van der Waals surface area contributed by atoms with Gasteiger partial charge in [0.2, 0.25) is 0 Å². The highest BCUT2D eigenvalue weighted by Gasteiger charge is 2.23. The number of amides is 1. The molecule has 2 aromatic carbocycles. The summed E-state index contributed by atoms with van der Waals surface area (Å²) >= 11 is 7.62. The first-order valence-corrected chi connectivity index (χ1v) is 11.3. The number of benzene rings is 2. The summed E-state index contributed by atoms with van der Waals surface area (Å²) in [7, 11) is 0. The third-order valence-corrected chi connectivity index (χ3v) is 6.55. The first-order chi connectivity index (χ1) is 15.2. The van der Waals surface area contributed by atoms with Crippen molar-refractivity contribution in [2.24, 2.45) is 0 Å². The van der Waals surface area contributed by atoms with Gasteiger partial charge in [-0.05, 0) is 36.4 Å². The first kappa shape index (κ1) is 20.3. The van der Waals surface area contributed by atoms with E-state index in [2.05, 4.69) is 14.9 Å². The minimum absolute atomic E-state index is 0.106. The molecule has 158 valence electrons. The molecule has 9 heteroatoms. The number of rotatable bonds is 5. The average Bonchev–Trinajstić information content (AvgIpc) is 3.22. The quantitative estimate of drug-likeness (QED) is 0.456. The molecule has 0 saturated carbocycles. The van der Waals surface area contributed by atoms with Gasteiger partial charge in [-0.25, -0.2) is 4.98 Å². The number of anilines is 1. The summed E-state index contributed by atoms with van der Waals surface area (Å²) in [6.07, 6.45) is 3.27. The molecule has 1 fully saturated rings. The second-order valence-electron chi connectivity index (χ2n) is 7.28. The van der Waals surface area contributed by atoms with E-state index in [1.807, 2.05) is 24.3 Å². The number of carbonyl (C=O) groups excluding carboxylic acids is 1. The molecular weight excluding hydrogens is 434 g/mol. The number of aromatic nitrogens is 3. The van der Waals surface area contributed by atoms with Gasteiger partial charge < -0.3 is 4.74 Å². The lowest BCUT2D eigenvalue weighted by atomic mass is 10.1. The predicted molar refractivity (Wildman–Crippen MR) is 123 cm³/mol. The highest BCUT2D eigenvalue weighted by molar-refractivity contribution is 7.22. The van der Waals surface area contributed by atoms with E-state index in [1.54, 1.807) is 29.4 Å². The maximum atomic E-state index is 13.6. The van der Waals surface area contributed by atoms with Crippen molar-refractivity contribution in [3.8, 4) is 0 Å². The van der Waals surface area contributed by atoms with Crippen LogP contribution in [0.5, 0.6) is 0 Å². The second-order valence-corrected chi connectivity index (χ2v) is 8.72. The Balaban J connectivity index is 1.48. The highest BCUT2D eigenvalue weighted by Crippen LogP contribution is 2.31. The van der Waals surface area contributed by atoms with Crippen molar-refractivity contribution in [1.29, 1.82) is 0 Å². The van der Waals surface area contributed by atoms with E-state index in [0.29, 0.717) is 27.8 Å². The van der Waals surface area contributed by atoms with Crippen LogP contribution in [-0.4, -0.2) is 65.2 Å². The van der Waals surface area contributed by atoms with Crippen molar-refractivity contribution in [3.05, 3.63) is 59.4 Å². The number of nitrogens with zero attached hydrogens (tertiary/aromatic N) is 5. The maximum absolute atomic E-state index is 13.6. The van der Waals surface area contributed by atoms with Crippen LogP contribution in [-0.2, 0) is 4.74 Å². The largest absolute Gasteiger partial charge is 0.379 e. The van der Waals surface area contributed by atoms with Crippen molar-refractivity contribution < 1.29 is 9.53 Å². The number of fused-ring (bicyclic) bond motifs is 2. The molecule has 5 rings (SSSR count). The van der Waals surface area contributed by atoms with E-state index in [-0.39, 0.29) is 5.91 Å². The van der Waals surface area contributed by atoms with Crippen LogP contribution in [0.2, 0.25) is 5.02 Å². The molecule has 0 bridgehead atoms. The molecule has 0 N–H and O–H groups in total. The van der Waals surface area contributed by atoms with Crippen LogP contribution in [0.15, 0.2) is 48.8 Å². The maximum Gasteiger partial charge on any atom is 0.260 e. The number of ether oxygens (including phenoxy) is 1. The standard InChI is InChI=1S/C22H20ClN5O2S/c23-16-2-4-18-20(14-16)31-22(26-18)28(8-7-27-9-11-30-12-10-27)21(29)15-1-3-17-19(13-15)25-6-5-24-17/h1-6,13-14H,7-12H2. The minimum Gasteiger partial charge on any atom is -0.379 e. The fourth-order valence-electron chi connectivity index (χ4n) is 3.60. The lowest BCUT2D eigenvalue weighted by Gasteiger charge is -2.29. The Hall–Kier alpha value is -2.65. The number of carbonyl (C=O) groups is 1. The van der Waals surface area contributed by atoms with Crippen LogP contribution in [0.25, 0.3) is 21.3 Å². The van der Waals surface area contributed by atoms with Crippen LogP contribution in [0.3, 0.4) is 0 Å². The minimum atomic E-state index is -0.106. The molecular formula is C22H20ClN5O2S. The van der Waals surface area contributed by atoms with Crippen molar-refractivity contribution in [2.75, 3.05) is 44.3 Å². The lowest BCUT2D eigenvalue weighted by Crippen LogP contribution is -2.43. The topological polar surface area (TPSA) is 71.5 Å². The third-order valence-electron chi connectivity index (χ3n) is 5.28. The Morgan fingerprint density at radius 2 is 1.84 bits per heavy atom. The van der Waals surface area contributed by atoms with Crippen molar-refractivity contribution in [1.82, 2.24) is 19.9 Å². The molecule has 7 nitrogen and oxygen atoms in total. The molecule has 2 aromatic heterocycles. The molecule has 1 aliphatic rings. The number of halogens is 1. The summed E-state index contributed by atoms with van der Waals surface area (Å²) in [6.45, 7) is 4.45. The van der Waals surface area contributed by atoms with E-state index in [4.69, 9.17) is 21.3 Å². The number of thiazole rings is 1. The zero-order valence-corrected chi connectivity index (χ0v) is 18.3. The van der Waals surface area contributed by atoms with Gasteiger partial charge in [-0.1, -0.05) is 22.9 Å². The molecule has 1 amide bonds. The Morgan fingerprint density at radius 3 is 2.68 bits per heavy atom. The predicted octanol–water partition coefficient (Wildman–Crippen LogP) is 3.87. The second kappa shape index (κ2) is 8.84. The first-order valence-electron chi connectivity index (χ1n) is 10.1. The summed E-state index contributed by atoms with van der Waals surface area (Å²) in [6, 6.07) is 11.0. The molecule has 0 spiro atoms. The normalized spacial score (nSPS) is 14.9. The van der Waals surface area contributed by atoms with E-state index < -0.39 is 0 Å². The van der Waals surface area contributed by atoms with Gasteiger partial charge in [-0.15, -0.1) is 0 Å². The molecule has 1 aliphatic heterocycles. The summed E-state index contributed by atoms with van der Waals surface area (Å²) in [5.41, 5.74) is 2.84. The SMILES string of the molecule is O=C(c1ccc2nccnc2c1)N(CCN1CCOCC1)c1nc2ccc(Cl)cc2s1. The van der Waals surface area contributed by atoms with Gasteiger partial charge >= 0.3 is 0 Å². The van der Waals surface area contributed by atoms with E-state index in [0.717, 1.165) is 48.6 Å². The van der Waals surface area contributed by atoms with Crippen LogP contribution in [0.1, 0.15) is 10.4 Å². The Labute approximate surface area is 188 Å². The molecule has 0 unspecified atom stereocenters. The van der Waals surface area contributed by atoms with Gasteiger partial charge in [0.05, 0.1) is 34.5 Å². The average molecular weight is 454 g/mol. The van der Waals surface area contributed by atoms with E-state index in [1.165, 1.54) is 11.3 Å². The molecule has 0 atom stereocenters. The van der Waals surface area contributed by atoms with Crippen LogP contribution in [0, 0.1) is 0 Å². The number of hydrogen-bond donors (Lipinski definition) is 0. The van der Waals surface area contributed by atoms with Gasteiger partial charge in [-0.3, -0.25) is 24.6 Å². The monoisotopic (exact) mass is 453 g/mol. The fraction of sp³-hybridized carbons (Fsp3) is 0.273. The molecule has 0 aliphatic carbocycles. The van der Waals surface area contributed by atoms with E-state index >= 15 is 0 Å². The van der Waals surface area contributed by atoms with Crippen molar-refractivity contribution >= 4 is 55.2 Å². The molecule has 1 saturated heterocycles. The molecule has 4 aromatic rings.